The van der Waals surface area contributed by atoms with Crippen LogP contribution in [0.5, 0.6) is 0 Å². The maximum Gasteiger partial charge on any atom is 0.0396 e. The van der Waals surface area contributed by atoms with Crippen LogP contribution in [0.25, 0.3) is 42.4 Å². The molecule has 0 saturated heterocycles. The molecule has 0 amide bonds. The van der Waals surface area contributed by atoms with Crippen LogP contribution in [0.15, 0.2) is 84.9 Å². The van der Waals surface area contributed by atoms with Crippen molar-refractivity contribution < 1.29 is 0 Å². The van der Waals surface area contributed by atoms with Crippen molar-refractivity contribution in [3.05, 3.63) is 96.1 Å². The zero-order valence-corrected chi connectivity index (χ0v) is 15.0. The largest absolute Gasteiger partial charge is 0.135 e. The quantitative estimate of drug-likeness (QED) is 0.292. The predicted molar refractivity (Wildman–Crippen MR) is 113 cm³/mol. The van der Waals surface area contributed by atoms with E-state index in [1.807, 2.05) is 11.3 Å². The zero-order chi connectivity index (χ0) is 17.1. The van der Waals surface area contributed by atoms with Gasteiger partial charge in [-0.3, -0.25) is 0 Å². The van der Waals surface area contributed by atoms with Gasteiger partial charge >= 0.3 is 0 Å². The third-order valence-corrected chi connectivity index (χ3v) is 6.75. The molecule has 26 heavy (non-hydrogen) atoms. The van der Waals surface area contributed by atoms with Crippen molar-refractivity contribution in [2.45, 2.75) is 6.42 Å². The molecule has 0 aliphatic heterocycles. The number of hydrogen-bond donors (Lipinski definition) is 0. The van der Waals surface area contributed by atoms with Crippen LogP contribution in [-0.2, 0) is 6.42 Å². The molecule has 6 rings (SSSR count). The lowest BCUT2D eigenvalue weighted by Crippen LogP contribution is -1.80. The molecule has 1 aliphatic carbocycles. The van der Waals surface area contributed by atoms with Crippen molar-refractivity contribution in [1.29, 1.82) is 0 Å². The highest BCUT2D eigenvalue weighted by Gasteiger charge is 2.21. The summed E-state index contributed by atoms with van der Waals surface area (Å²) in [6, 6.07) is 31.0. The highest BCUT2D eigenvalue weighted by molar-refractivity contribution is 7.26. The SMILES string of the molecule is c1ccc(-c2ccc3c(c2)sc2c4c(ccc23)-c2ccccc2C4)cc1. The number of hydrogen-bond acceptors (Lipinski definition) is 1. The standard InChI is InChI=1S/C25H16S/c1-2-6-16(7-3-1)17-10-11-21-22-13-12-20-19-9-5-4-8-18(19)14-23(20)25(22)26-24(21)15-17/h1-13,15H,14H2. The molecule has 1 heterocycles. The molecule has 0 atom stereocenters. The summed E-state index contributed by atoms with van der Waals surface area (Å²) in [6.07, 6.45) is 1.06. The molecule has 1 aromatic heterocycles. The first kappa shape index (κ1) is 14.3. The molecule has 122 valence electrons. The second-order valence-corrected chi connectivity index (χ2v) is 8.03. The predicted octanol–water partition coefficient (Wildman–Crippen LogP) is 7.29. The van der Waals surface area contributed by atoms with Crippen molar-refractivity contribution in [3.63, 3.8) is 0 Å². The van der Waals surface area contributed by atoms with Crippen molar-refractivity contribution in [1.82, 2.24) is 0 Å². The Labute approximate surface area is 156 Å². The molecular formula is C25H16S. The first-order valence-corrected chi connectivity index (χ1v) is 9.82. The highest BCUT2D eigenvalue weighted by Crippen LogP contribution is 2.45. The van der Waals surface area contributed by atoms with E-state index >= 15 is 0 Å². The third kappa shape index (κ3) is 1.95. The van der Waals surface area contributed by atoms with E-state index in [-0.39, 0.29) is 0 Å². The Bertz CT molecular complexity index is 1290. The molecule has 0 saturated carbocycles. The van der Waals surface area contributed by atoms with E-state index < -0.39 is 0 Å². The molecule has 5 aromatic rings. The fourth-order valence-corrected chi connectivity index (χ4v) is 5.55. The van der Waals surface area contributed by atoms with Gasteiger partial charge in [0.05, 0.1) is 0 Å². The first-order valence-electron chi connectivity index (χ1n) is 9.00. The first-order chi connectivity index (χ1) is 12.9. The summed E-state index contributed by atoms with van der Waals surface area (Å²) in [4.78, 5) is 0. The summed E-state index contributed by atoms with van der Waals surface area (Å²) in [5, 5.41) is 2.78. The van der Waals surface area contributed by atoms with Gasteiger partial charge in [-0.1, -0.05) is 78.9 Å². The third-order valence-electron chi connectivity index (χ3n) is 5.53. The monoisotopic (exact) mass is 348 g/mol. The molecule has 0 spiro atoms. The van der Waals surface area contributed by atoms with Gasteiger partial charge in [-0.2, -0.15) is 0 Å². The van der Waals surface area contributed by atoms with Crippen LogP contribution >= 0.6 is 11.3 Å². The Morgan fingerprint density at radius 1 is 0.615 bits per heavy atom. The van der Waals surface area contributed by atoms with Crippen molar-refractivity contribution >= 4 is 31.5 Å². The lowest BCUT2D eigenvalue weighted by Gasteiger charge is -2.02. The fraction of sp³-hybridized carbons (Fsp3) is 0.0400. The van der Waals surface area contributed by atoms with Gasteiger partial charge in [-0.05, 0) is 39.4 Å². The fourth-order valence-electron chi connectivity index (χ4n) is 4.26. The lowest BCUT2D eigenvalue weighted by atomic mass is 10.0. The summed E-state index contributed by atoms with van der Waals surface area (Å²) in [6.45, 7) is 0. The second-order valence-electron chi connectivity index (χ2n) is 6.98. The summed E-state index contributed by atoms with van der Waals surface area (Å²) < 4.78 is 2.84. The van der Waals surface area contributed by atoms with E-state index in [1.54, 1.807) is 0 Å². The van der Waals surface area contributed by atoms with Gasteiger partial charge in [0.15, 0.2) is 0 Å². The second kappa shape index (κ2) is 5.30. The van der Waals surface area contributed by atoms with Gasteiger partial charge in [-0.25, -0.2) is 0 Å². The smallest absolute Gasteiger partial charge is 0.0396 e. The summed E-state index contributed by atoms with van der Waals surface area (Å²) in [7, 11) is 0. The van der Waals surface area contributed by atoms with Crippen LogP contribution in [0, 0.1) is 0 Å². The molecule has 4 aromatic carbocycles. The molecule has 0 N–H and O–H groups in total. The minimum atomic E-state index is 1.06. The Hall–Kier alpha value is -2.90. The summed E-state index contributed by atoms with van der Waals surface area (Å²) in [5.74, 6) is 0. The van der Waals surface area contributed by atoms with Crippen LogP contribution in [0.2, 0.25) is 0 Å². The molecule has 0 nitrogen and oxygen atoms in total. The highest BCUT2D eigenvalue weighted by atomic mass is 32.1. The van der Waals surface area contributed by atoms with Crippen molar-refractivity contribution in [3.8, 4) is 22.3 Å². The Morgan fingerprint density at radius 3 is 2.35 bits per heavy atom. The van der Waals surface area contributed by atoms with Gasteiger partial charge in [-0.15, -0.1) is 11.3 Å². The van der Waals surface area contributed by atoms with E-state index in [2.05, 4.69) is 84.9 Å². The Balaban J connectivity index is 1.60. The Kier molecular flexibility index (Phi) is 2.91. The van der Waals surface area contributed by atoms with Crippen LogP contribution in [-0.4, -0.2) is 0 Å². The van der Waals surface area contributed by atoms with Gasteiger partial charge in [0.25, 0.3) is 0 Å². The molecule has 0 fully saturated rings. The van der Waals surface area contributed by atoms with Crippen LogP contribution in [0.4, 0.5) is 0 Å². The molecule has 0 radical (unpaired) electrons. The molecule has 0 unspecified atom stereocenters. The number of thiophene rings is 1. The summed E-state index contributed by atoms with van der Waals surface area (Å²) in [5.41, 5.74) is 8.37. The van der Waals surface area contributed by atoms with E-state index in [0.29, 0.717) is 0 Å². The molecule has 1 heteroatoms. The molecule has 0 bridgehead atoms. The van der Waals surface area contributed by atoms with E-state index in [0.717, 1.165) is 6.42 Å². The van der Waals surface area contributed by atoms with Gasteiger partial charge in [0.1, 0.15) is 0 Å². The number of fused-ring (bicyclic) bond motifs is 7. The molecule has 1 aliphatic rings. The van der Waals surface area contributed by atoms with Crippen LogP contribution in [0.3, 0.4) is 0 Å². The van der Waals surface area contributed by atoms with Crippen LogP contribution < -0.4 is 0 Å². The van der Waals surface area contributed by atoms with Gasteiger partial charge in [0, 0.05) is 26.6 Å². The Morgan fingerprint density at radius 2 is 1.42 bits per heavy atom. The van der Waals surface area contributed by atoms with E-state index in [4.69, 9.17) is 0 Å². The van der Waals surface area contributed by atoms with E-state index in [9.17, 15) is 0 Å². The topological polar surface area (TPSA) is 0 Å². The van der Waals surface area contributed by atoms with E-state index in [1.165, 1.54) is 53.6 Å². The average Bonchev–Trinajstić information content (AvgIpc) is 3.26. The normalized spacial score (nSPS) is 12.5. The zero-order valence-electron chi connectivity index (χ0n) is 14.2. The number of rotatable bonds is 1. The number of benzene rings is 4. The summed E-state index contributed by atoms with van der Waals surface area (Å²) >= 11 is 1.95. The van der Waals surface area contributed by atoms with Crippen molar-refractivity contribution in [2.24, 2.45) is 0 Å². The van der Waals surface area contributed by atoms with Gasteiger partial charge in [0.2, 0.25) is 0 Å². The average molecular weight is 348 g/mol. The maximum atomic E-state index is 2.35. The lowest BCUT2D eigenvalue weighted by molar-refractivity contribution is 1.29. The molecular weight excluding hydrogens is 332 g/mol. The minimum Gasteiger partial charge on any atom is -0.135 e. The minimum absolute atomic E-state index is 1.06. The maximum absolute atomic E-state index is 2.35. The van der Waals surface area contributed by atoms with Crippen molar-refractivity contribution in [2.75, 3.05) is 0 Å². The van der Waals surface area contributed by atoms with Crippen LogP contribution in [0.1, 0.15) is 11.1 Å². The van der Waals surface area contributed by atoms with Gasteiger partial charge < -0.3 is 0 Å².